The zero-order valence-corrected chi connectivity index (χ0v) is 12.1. The first-order valence-corrected chi connectivity index (χ1v) is 7.03. The van der Waals surface area contributed by atoms with Gasteiger partial charge in [-0.2, -0.15) is 0 Å². The van der Waals surface area contributed by atoms with E-state index in [2.05, 4.69) is 5.32 Å². The number of carbonyl (C=O) groups excluding carboxylic acids is 1. The number of aryl methyl sites for hydroxylation is 1. The van der Waals surface area contributed by atoms with E-state index >= 15 is 0 Å². The van der Waals surface area contributed by atoms with Gasteiger partial charge in [0.05, 0.1) is 11.4 Å². The smallest absolute Gasteiger partial charge is 0.261 e. The van der Waals surface area contributed by atoms with Crippen molar-refractivity contribution >= 4 is 17.2 Å². The monoisotopic (exact) mass is 293 g/mol. The maximum Gasteiger partial charge on any atom is 0.261 e. The van der Waals surface area contributed by atoms with E-state index in [0.717, 1.165) is 4.88 Å². The van der Waals surface area contributed by atoms with Crippen LogP contribution in [-0.4, -0.2) is 17.6 Å². The van der Waals surface area contributed by atoms with Gasteiger partial charge in [0.15, 0.2) is 0 Å². The lowest BCUT2D eigenvalue weighted by Gasteiger charge is -2.24. The van der Waals surface area contributed by atoms with Crippen LogP contribution in [0.3, 0.4) is 0 Å². The predicted molar refractivity (Wildman–Crippen MR) is 77.4 cm³/mol. The van der Waals surface area contributed by atoms with Crippen LogP contribution >= 0.6 is 11.3 Å². The Balaban J connectivity index is 2.02. The highest BCUT2D eigenvalue weighted by Gasteiger charge is 2.24. The first-order valence-electron chi connectivity index (χ1n) is 6.21. The minimum Gasteiger partial charge on any atom is -0.384 e. The fourth-order valence-electron chi connectivity index (χ4n) is 1.81. The molecule has 0 saturated heterocycles. The van der Waals surface area contributed by atoms with Crippen LogP contribution in [0.15, 0.2) is 36.4 Å². The van der Waals surface area contributed by atoms with Crippen molar-refractivity contribution in [3.05, 3.63) is 57.5 Å². The lowest BCUT2D eigenvalue weighted by molar-refractivity contribution is 0.0527. The summed E-state index contributed by atoms with van der Waals surface area (Å²) in [7, 11) is 0. The van der Waals surface area contributed by atoms with Crippen molar-refractivity contribution in [2.45, 2.75) is 19.4 Å². The number of thiophene rings is 1. The summed E-state index contributed by atoms with van der Waals surface area (Å²) < 4.78 is 12.9. The molecular weight excluding hydrogens is 277 g/mol. The van der Waals surface area contributed by atoms with Gasteiger partial charge in [-0.05, 0) is 43.7 Å². The highest BCUT2D eigenvalue weighted by Crippen LogP contribution is 2.20. The van der Waals surface area contributed by atoms with Crippen molar-refractivity contribution in [2.75, 3.05) is 6.54 Å². The Hall–Kier alpha value is -1.72. The Morgan fingerprint density at radius 2 is 1.95 bits per heavy atom. The molecule has 0 aliphatic heterocycles. The van der Waals surface area contributed by atoms with Gasteiger partial charge in [-0.15, -0.1) is 11.3 Å². The third kappa shape index (κ3) is 3.43. The van der Waals surface area contributed by atoms with Crippen molar-refractivity contribution in [3.63, 3.8) is 0 Å². The van der Waals surface area contributed by atoms with Crippen LogP contribution < -0.4 is 5.32 Å². The highest BCUT2D eigenvalue weighted by molar-refractivity contribution is 7.13. The average molecular weight is 293 g/mol. The zero-order chi connectivity index (χ0) is 14.8. The molecule has 106 valence electrons. The fraction of sp³-hybridized carbons (Fsp3) is 0.267. The van der Waals surface area contributed by atoms with Gasteiger partial charge in [-0.25, -0.2) is 4.39 Å². The third-order valence-corrected chi connectivity index (χ3v) is 4.02. The average Bonchev–Trinajstić information content (AvgIpc) is 2.83. The van der Waals surface area contributed by atoms with Crippen LogP contribution in [0.4, 0.5) is 4.39 Å². The standard InChI is InChI=1S/C15H16FNO2S/c1-10-3-8-13(20-10)14(18)17-9-15(2,19)11-4-6-12(16)7-5-11/h3-8,19H,9H2,1-2H3,(H,17,18). The molecule has 1 atom stereocenters. The van der Waals surface area contributed by atoms with Gasteiger partial charge in [0, 0.05) is 4.88 Å². The molecule has 3 nitrogen and oxygen atoms in total. The number of carbonyl (C=O) groups is 1. The largest absolute Gasteiger partial charge is 0.384 e. The molecule has 1 aromatic carbocycles. The van der Waals surface area contributed by atoms with Gasteiger partial charge in [-0.1, -0.05) is 12.1 Å². The molecule has 1 amide bonds. The van der Waals surface area contributed by atoms with E-state index in [1.54, 1.807) is 13.0 Å². The van der Waals surface area contributed by atoms with E-state index in [1.165, 1.54) is 35.6 Å². The minimum atomic E-state index is -1.24. The molecule has 2 aromatic rings. The summed E-state index contributed by atoms with van der Waals surface area (Å²) in [5, 5.41) is 13.0. The third-order valence-electron chi connectivity index (χ3n) is 3.02. The summed E-state index contributed by atoms with van der Waals surface area (Å²) in [5.74, 6) is -0.576. The van der Waals surface area contributed by atoms with Crippen LogP contribution in [0.5, 0.6) is 0 Å². The molecule has 5 heteroatoms. The second-order valence-electron chi connectivity index (χ2n) is 4.87. The summed E-state index contributed by atoms with van der Waals surface area (Å²) in [6.45, 7) is 3.57. The molecule has 1 unspecified atom stereocenters. The van der Waals surface area contributed by atoms with Crippen molar-refractivity contribution < 1.29 is 14.3 Å². The lowest BCUT2D eigenvalue weighted by Crippen LogP contribution is -2.38. The Morgan fingerprint density at radius 3 is 2.50 bits per heavy atom. The first-order chi connectivity index (χ1) is 9.38. The molecule has 0 bridgehead atoms. The number of rotatable bonds is 4. The number of benzene rings is 1. The molecule has 0 fully saturated rings. The van der Waals surface area contributed by atoms with Crippen molar-refractivity contribution in [3.8, 4) is 0 Å². The molecule has 2 N–H and O–H groups in total. The summed E-state index contributed by atoms with van der Waals surface area (Å²) in [4.78, 5) is 13.6. The van der Waals surface area contributed by atoms with Crippen molar-refractivity contribution in [2.24, 2.45) is 0 Å². The maximum atomic E-state index is 12.9. The highest BCUT2D eigenvalue weighted by atomic mass is 32.1. The van der Waals surface area contributed by atoms with E-state index < -0.39 is 5.60 Å². The van der Waals surface area contributed by atoms with Crippen LogP contribution in [0.2, 0.25) is 0 Å². The summed E-state index contributed by atoms with van der Waals surface area (Å²) in [6.07, 6.45) is 0. The molecule has 1 aromatic heterocycles. The van der Waals surface area contributed by atoms with Gasteiger partial charge in [0.2, 0.25) is 0 Å². The van der Waals surface area contributed by atoms with E-state index in [1.807, 2.05) is 13.0 Å². The van der Waals surface area contributed by atoms with Gasteiger partial charge in [0.25, 0.3) is 5.91 Å². The topological polar surface area (TPSA) is 49.3 Å². The molecular formula is C15H16FNO2S. The number of hydrogen-bond donors (Lipinski definition) is 2. The maximum absolute atomic E-state index is 12.9. The molecule has 0 spiro atoms. The van der Waals surface area contributed by atoms with Gasteiger partial charge in [0.1, 0.15) is 11.4 Å². The summed E-state index contributed by atoms with van der Waals surface area (Å²) in [6, 6.07) is 9.22. The van der Waals surface area contributed by atoms with E-state index in [-0.39, 0.29) is 18.3 Å². The second-order valence-corrected chi connectivity index (χ2v) is 6.16. The van der Waals surface area contributed by atoms with Crippen LogP contribution in [0.25, 0.3) is 0 Å². The van der Waals surface area contributed by atoms with E-state index in [4.69, 9.17) is 0 Å². The van der Waals surface area contributed by atoms with E-state index in [9.17, 15) is 14.3 Å². The van der Waals surface area contributed by atoms with Crippen LogP contribution in [-0.2, 0) is 5.60 Å². The summed E-state index contributed by atoms with van der Waals surface area (Å²) in [5.41, 5.74) is -0.683. The van der Waals surface area contributed by atoms with Crippen LogP contribution in [0, 0.1) is 12.7 Å². The molecule has 20 heavy (non-hydrogen) atoms. The van der Waals surface area contributed by atoms with Crippen molar-refractivity contribution in [1.29, 1.82) is 0 Å². The molecule has 0 aliphatic rings. The second kappa shape index (κ2) is 5.73. The summed E-state index contributed by atoms with van der Waals surface area (Å²) >= 11 is 1.40. The normalized spacial score (nSPS) is 13.8. The van der Waals surface area contributed by atoms with E-state index in [0.29, 0.717) is 10.4 Å². The van der Waals surface area contributed by atoms with Crippen molar-refractivity contribution in [1.82, 2.24) is 5.32 Å². The Labute approximate surface area is 121 Å². The molecule has 1 heterocycles. The molecule has 0 aliphatic carbocycles. The molecule has 2 rings (SSSR count). The number of hydrogen-bond acceptors (Lipinski definition) is 3. The SMILES string of the molecule is Cc1ccc(C(=O)NCC(C)(O)c2ccc(F)cc2)s1. The van der Waals surface area contributed by atoms with Gasteiger partial charge >= 0.3 is 0 Å². The van der Waals surface area contributed by atoms with Gasteiger partial charge < -0.3 is 10.4 Å². The first kappa shape index (κ1) is 14.7. The fourth-order valence-corrected chi connectivity index (χ4v) is 2.59. The Kier molecular flexibility index (Phi) is 4.20. The number of aliphatic hydroxyl groups is 1. The van der Waals surface area contributed by atoms with Gasteiger partial charge in [-0.3, -0.25) is 4.79 Å². The number of amides is 1. The lowest BCUT2D eigenvalue weighted by atomic mass is 9.96. The Morgan fingerprint density at radius 1 is 1.30 bits per heavy atom. The van der Waals surface area contributed by atoms with Crippen LogP contribution in [0.1, 0.15) is 27.0 Å². The number of halogens is 1. The zero-order valence-electron chi connectivity index (χ0n) is 11.3. The molecule has 0 radical (unpaired) electrons. The predicted octanol–water partition coefficient (Wildman–Crippen LogP) is 2.83. The minimum absolute atomic E-state index is 0.0639. The Bertz CT molecular complexity index is 605. The molecule has 0 saturated carbocycles. The number of nitrogens with one attached hydrogen (secondary N) is 1. The quantitative estimate of drug-likeness (QED) is 0.910.